The Balaban J connectivity index is 2.44. The van der Waals surface area contributed by atoms with Gasteiger partial charge in [-0.1, -0.05) is 6.07 Å². The Bertz CT molecular complexity index is 1020. The third-order valence-electron chi connectivity index (χ3n) is 5.03. The Morgan fingerprint density at radius 2 is 1.62 bits per heavy atom. The lowest BCUT2D eigenvalue weighted by Gasteiger charge is -2.17. The fourth-order valence-electron chi connectivity index (χ4n) is 3.17. The van der Waals surface area contributed by atoms with E-state index < -0.39 is 5.97 Å². The highest BCUT2D eigenvalue weighted by atomic mass is 16.5. The number of benzene rings is 1. The first-order valence-electron chi connectivity index (χ1n) is 8.17. The van der Waals surface area contributed by atoms with Crippen LogP contribution in [0.3, 0.4) is 0 Å². The van der Waals surface area contributed by atoms with Crippen LogP contribution in [0.4, 0.5) is 5.82 Å². The van der Waals surface area contributed by atoms with Crippen molar-refractivity contribution in [2.24, 2.45) is 0 Å². The molecule has 134 valence electrons. The van der Waals surface area contributed by atoms with Crippen LogP contribution in [0.1, 0.15) is 56.2 Å². The number of carbonyl (C=O) groups is 3. The molecule has 0 bridgehead atoms. The Kier molecular flexibility index (Phi) is 4.06. The molecule has 6 nitrogen and oxygen atoms in total. The lowest BCUT2D eigenvalue weighted by Crippen LogP contribution is -2.22. The zero-order valence-electron chi connectivity index (χ0n) is 15.4. The number of nitrogens with two attached hydrogens (primary N) is 1. The molecule has 2 N–H and O–H groups in total. The smallest absolute Gasteiger partial charge is 0.342 e. The zero-order valence-corrected chi connectivity index (χ0v) is 15.4. The van der Waals surface area contributed by atoms with Gasteiger partial charge < -0.3 is 10.5 Å². The Hall–Kier alpha value is -3.15. The molecule has 0 fully saturated rings. The van der Waals surface area contributed by atoms with E-state index in [0.717, 1.165) is 11.1 Å². The minimum Gasteiger partial charge on any atom is -0.465 e. The van der Waals surface area contributed by atoms with E-state index in [4.69, 9.17) is 10.5 Å². The van der Waals surface area contributed by atoms with Gasteiger partial charge in [-0.2, -0.15) is 0 Å². The van der Waals surface area contributed by atoms with Crippen LogP contribution in [0.2, 0.25) is 0 Å². The number of nitrogens with zero attached hydrogens (tertiary/aromatic N) is 1. The predicted molar refractivity (Wildman–Crippen MR) is 98.0 cm³/mol. The van der Waals surface area contributed by atoms with Gasteiger partial charge in [0, 0.05) is 16.8 Å². The van der Waals surface area contributed by atoms with Crippen molar-refractivity contribution in [1.29, 1.82) is 0 Å². The summed E-state index contributed by atoms with van der Waals surface area (Å²) in [6, 6.07) is 5.57. The molecule has 1 heterocycles. The largest absolute Gasteiger partial charge is 0.465 e. The summed E-state index contributed by atoms with van der Waals surface area (Å²) in [5, 5.41) is 0. The summed E-state index contributed by atoms with van der Waals surface area (Å²) in [7, 11) is 1.21. The number of aromatic nitrogens is 1. The summed E-state index contributed by atoms with van der Waals surface area (Å²) in [5.74, 6) is -1.42. The minimum absolute atomic E-state index is 0.0145. The maximum absolute atomic E-state index is 13.0. The first-order valence-corrected chi connectivity index (χ1v) is 8.17. The van der Waals surface area contributed by atoms with Gasteiger partial charge in [0.15, 0.2) is 5.78 Å². The number of ether oxygens (including phenoxy) is 1. The van der Waals surface area contributed by atoms with Crippen molar-refractivity contribution < 1.29 is 19.1 Å². The van der Waals surface area contributed by atoms with Crippen LogP contribution < -0.4 is 5.73 Å². The molecule has 1 aromatic carbocycles. The average molecular weight is 352 g/mol. The number of methoxy groups -OCH3 is 1. The third-order valence-corrected chi connectivity index (χ3v) is 5.03. The van der Waals surface area contributed by atoms with Crippen molar-refractivity contribution in [2.45, 2.75) is 27.7 Å². The number of esters is 1. The van der Waals surface area contributed by atoms with Crippen LogP contribution >= 0.6 is 0 Å². The van der Waals surface area contributed by atoms with Crippen LogP contribution in [0.15, 0.2) is 29.3 Å². The van der Waals surface area contributed by atoms with Crippen molar-refractivity contribution in [3.05, 3.63) is 57.3 Å². The summed E-state index contributed by atoms with van der Waals surface area (Å²) in [6.07, 6.45) is 0. The second-order valence-corrected chi connectivity index (χ2v) is 6.49. The van der Waals surface area contributed by atoms with Crippen molar-refractivity contribution in [2.75, 3.05) is 12.8 Å². The SMILES string of the molecule is COC(=O)c1c2c(n(-c3ccc(C)c(C)c3)c1N)C(=O)C(C)=C(C)C2=O. The molecule has 6 heteroatoms. The van der Waals surface area contributed by atoms with Crippen LogP contribution in [0.5, 0.6) is 0 Å². The fraction of sp³-hybridized carbons (Fsp3) is 0.250. The van der Waals surface area contributed by atoms with Crippen LogP contribution in [-0.4, -0.2) is 29.2 Å². The van der Waals surface area contributed by atoms with Crippen LogP contribution in [0, 0.1) is 13.8 Å². The molecular formula is C20H20N2O4. The van der Waals surface area contributed by atoms with Crippen LogP contribution in [-0.2, 0) is 4.74 Å². The number of carbonyl (C=O) groups excluding carboxylic acids is 3. The van der Waals surface area contributed by atoms with Gasteiger partial charge in [-0.05, 0) is 51.0 Å². The first kappa shape index (κ1) is 17.7. The maximum atomic E-state index is 13.0. The lowest BCUT2D eigenvalue weighted by molar-refractivity contribution is 0.0599. The highest BCUT2D eigenvalue weighted by Crippen LogP contribution is 2.37. The summed E-state index contributed by atoms with van der Waals surface area (Å²) in [5.41, 5.74) is 9.65. The Labute approximate surface area is 151 Å². The molecule has 2 aromatic rings. The van der Waals surface area contributed by atoms with Crippen molar-refractivity contribution >= 4 is 23.4 Å². The van der Waals surface area contributed by atoms with E-state index >= 15 is 0 Å². The monoisotopic (exact) mass is 352 g/mol. The standard InChI is InChI=1S/C20H20N2O4/c1-9-6-7-13(8-10(9)2)22-16-14(15(19(22)21)20(25)26-5)17(23)11(3)12(4)18(16)24/h6-8H,21H2,1-5H3. The molecule has 0 atom stereocenters. The van der Waals surface area contributed by atoms with E-state index in [1.165, 1.54) is 11.7 Å². The number of hydrogen-bond donors (Lipinski definition) is 1. The van der Waals surface area contributed by atoms with Gasteiger partial charge in [0.05, 0.1) is 12.7 Å². The van der Waals surface area contributed by atoms with Gasteiger partial charge in [-0.3, -0.25) is 14.2 Å². The van der Waals surface area contributed by atoms with Gasteiger partial charge in [-0.25, -0.2) is 4.79 Å². The quantitative estimate of drug-likeness (QED) is 0.838. The second kappa shape index (κ2) is 5.98. The summed E-state index contributed by atoms with van der Waals surface area (Å²) < 4.78 is 6.29. The number of hydrogen-bond acceptors (Lipinski definition) is 5. The Morgan fingerprint density at radius 1 is 1.00 bits per heavy atom. The summed E-state index contributed by atoms with van der Waals surface area (Å²) in [4.78, 5) is 38.1. The zero-order chi connectivity index (χ0) is 19.3. The molecule has 0 spiro atoms. The molecule has 0 aliphatic heterocycles. The highest BCUT2D eigenvalue weighted by Gasteiger charge is 2.39. The predicted octanol–water partition coefficient (Wildman–Crippen LogP) is 3.18. The van der Waals surface area contributed by atoms with Gasteiger partial charge in [-0.15, -0.1) is 0 Å². The fourth-order valence-corrected chi connectivity index (χ4v) is 3.17. The molecule has 1 aliphatic carbocycles. The molecule has 0 unspecified atom stereocenters. The number of Topliss-reactive ketones (excluding diaryl/α,β-unsaturated/α-hetero) is 2. The topological polar surface area (TPSA) is 91.4 Å². The normalized spacial score (nSPS) is 13.9. The van der Waals surface area contributed by atoms with E-state index in [2.05, 4.69) is 0 Å². The van der Waals surface area contributed by atoms with Crippen molar-refractivity contribution in [3.8, 4) is 5.69 Å². The Morgan fingerprint density at radius 3 is 2.19 bits per heavy atom. The van der Waals surface area contributed by atoms with E-state index in [-0.39, 0.29) is 34.2 Å². The van der Waals surface area contributed by atoms with Gasteiger partial charge in [0.1, 0.15) is 17.1 Å². The molecule has 1 aromatic heterocycles. The summed E-state index contributed by atoms with van der Waals surface area (Å²) in [6.45, 7) is 7.08. The average Bonchev–Trinajstić information content (AvgIpc) is 2.93. The number of rotatable bonds is 2. The molecule has 26 heavy (non-hydrogen) atoms. The minimum atomic E-state index is -0.741. The van der Waals surface area contributed by atoms with E-state index in [0.29, 0.717) is 16.8 Å². The first-order chi connectivity index (χ1) is 12.2. The molecule has 1 aliphatic rings. The molecule has 0 radical (unpaired) electrons. The molecule has 0 amide bonds. The second-order valence-electron chi connectivity index (χ2n) is 6.49. The van der Waals surface area contributed by atoms with E-state index in [1.807, 2.05) is 26.0 Å². The third kappa shape index (κ3) is 2.29. The highest BCUT2D eigenvalue weighted by molar-refractivity contribution is 6.30. The number of anilines is 1. The molecular weight excluding hydrogens is 332 g/mol. The number of fused-ring (bicyclic) bond motifs is 1. The number of aryl methyl sites for hydroxylation is 2. The number of allylic oxidation sites excluding steroid dienone is 2. The number of ketones is 2. The van der Waals surface area contributed by atoms with Crippen LogP contribution in [0.25, 0.3) is 5.69 Å². The molecule has 3 rings (SSSR count). The summed E-state index contributed by atoms with van der Waals surface area (Å²) >= 11 is 0. The van der Waals surface area contributed by atoms with E-state index in [1.54, 1.807) is 19.9 Å². The van der Waals surface area contributed by atoms with Crippen molar-refractivity contribution in [1.82, 2.24) is 4.57 Å². The molecule has 0 saturated heterocycles. The van der Waals surface area contributed by atoms with Crippen molar-refractivity contribution in [3.63, 3.8) is 0 Å². The van der Waals surface area contributed by atoms with Gasteiger partial charge in [0.25, 0.3) is 0 Å². The van der Waals surface area contributed by atoms with Gasteiger partial charge >= 0.3 is 5.97 Å². The van der Waals surface area contributed by atoms with E-state index in [9.17, 15) is 14.4 Å². The lowest BCUT2D eigenvalue weighted by atomic mass is 9.87. The molecule has 0 saturated carbocycles. The number of nitrogen functional groups attached to an aromatic ring is 1. The maximum Gasteiger partial charge on any atom is 0.342 e. The van der Waals surface area contributed by atoms with Gasteiger partial charge in [0.2, 0.25) is 5.78 Å².